The maximum absolute atomic E-state index is 12.3. The highest BCUT2D eigenvalue weighted by Crippen LogP contribution is 2.19. The summed E-state index contributed by atoms with van der Waals surface area (Å²) in [6.07, 6.45) is 0.739. The Morgan fingerprint density at radius 2 is 1.87 bits per heavy atom. The molecule has 122 valence electrons. The van der Waals surface area contributed by atoms with Gasteiger partial charge in [0.2, 0.25) is 0 Å². The average Bonchev–Trinajstić information content (AvgIpc) is 2.53. The van der Waals surface area contributed by atoms with E-state index in [1.54, 1.807) is 12.1 Å². The molecule has 0 fully saturated rings. The number of benzene rings is 2. The van der Waals surface area contributed by atoms with Crippen LogP contribution in [0.1, 0.15) is 23.7 Å². The van der Waals surface area contributed by atoms with Crippen molar-refractivity contribution in [2.75, 3.05) is 11.3 Å². The SMILES string of the molecule is CCCOC(=O)c1ccc(NS(=O)(=O)c2cccc(Cl)c2)cc1. The topological polar surface area (TPSA) is 72.5 Å². The molecule has 0 bridgehead atoms. The number of sulfonamides is 1. The Morgan fingerprint density at radius 3 is 2.48 bits per heavy atom. The minimum absolute atomic E-state index is 0.0661. The van der Waals surface area contributed by atoms with E-state index in [4.69, 9.17) is 16.3 Å². The van der Waals surface area contributed by atoms with Gasteiger partial charge in [-0.3, -0.25) is 4.72 Å². The molecule has 2 aromatic rings. The number of carbonyl (C=O) groups is 1. The van der Waals surface area contributed by atoms with Crippen molar-refractivity contribution in [3.05, 3.63) is 59.1 Å². The molecule has 0 heterocycles. The molecule has 0 aromatic heterocycles. The standard InChI is InChI=1S/C16H16ClNO4S/c1-2-10-22-16(19)12-6-8-14(9-7-12)18-23(20,21)15-5-3-4-13(17)11-15/h3-9,11,18H,2,10H2,1H3. The van der Waals surface area contributed by atoms with Crippen molar-refractivity contribution in [3.63, 3.8) is 0 Å². The molecule has 0 aliphatic heterocycles. The van der Waals surface area contributed by atoms with E-state index in [0.29, 0.717) is 22.9 Å². The fraction of sp³-hybridized carbons (Fsp3) is 0.188. The second kappa shape index (κ2) is 7.48. The maximum Gasteiger partial charge on any atom is 0.338 e. The highest BCUT2D eigenvalue weighted by atomic mass is 35.5. The Morgan fingerprint density at radius 1 is 1.17 bits per heavy atom. The molecule has 0 spiro atoms. The molecule has 0 aliphatic rings. The number of esters is 1. The quantitative estimate of drug-likeness (QED) is 0.803. The van der Waals surface area contributed by atoms with Crippen LogP contribution in [0.2, 0.25) is 5.02 Å². The van der Waals surface area contributed by atoms with Crippen molar-refractivity contribution < 1.29 is 17.9 Å². The Hall–Kier alpha value is -2.05. The van der Waals surface area contributed by atoms with Gasteiger partial charge >= 0.3 is 5.97 Å². The summed E-state index contributed by atoms with van der Waals surface area (Å²) in [7, 11) is -3.73. The van der Waals surface area contributed by atoms with Crippen LogP contribution in [0.15, 0.2) is 53.4 Å². The predicted octanol–water partition coefficient (Wildman–Crippen LogP) is 3.71. The molecule has 0 aliphatic carbocycles. The summed E-state index contributed by atoms with van der Waals surface area (Å²) in [4.78, 5) is 11.7. The molecular formula is C16H16ClNO4S. The zero-order chi connectivity index (χ0) is 16.9. The molecule has 2 aromatic carbocycles. The number of rotatable bonds is 6. The summed E-state index contributed by atoms with van der Waals surface area (Å²) in [5.74, 6) is -0.434. The van der Waals surface area contributed by atoms with Gasteiger partial charge in [-0.05, 0) is 48.9 Å². The lowest BCUT2D eigenvalue weighted by atomic mass is 10.2. The normalized spacial score (nSPS) is 11.0. The molecule has 1 N–H and O–H groups in total. The van der Waals surface area contributed by atoms with Gasteiger partial charge in [0.25, 0.3) is 10.0 Å². The smallest absolute Gasteiger partial charge is 0.338 e. The van der Waals surface area contributed by atoms with Crippen molar-refractivity contribution in [3.8, 4) is 0 Å². The summed E-state index contributed by atoms with van der Waals surface area (Å²) in [5, 5.41) is 0.335. The van der Waals surface area contributed by atoms with E-state index in [-0.39, 0.29) is 4.90 Å². The lowest BCUT2D eigenvalue weighted by Crippen LogP contribution is -2.13. The van der Waals surface area contributed by atoms with E-state index in [1.807, 2.05) is 6.92 Å². The van der Waals surface area contributed by atoms with Gasteiger partial charge in [0.1, 0.15) is 0 Å². The first-order chi connectivity index (χ1) is 10.9. The van der Waals surface area contributed by atoms with Crippen LogP contribution in [0.25, 0.3) is 0 Å². The fourth-order valence-electron chi connectivity index (χ4n) is 1.80. The highest BCUT2D eigenvalue weighted by Gasteiger charge is 2.15. The Kier molecular flexibility index (Phi) is 5.63. The van der Waals surface area contributed by atoms with Gasteiger partial charge in [-0.15, -0.1) is 0 Å². The molecule has 0 saturated heterocycles. The summed E-state index contributed by atoms with van der Waals surface area (Å²) in [6, 6.07) is 12.0. The summed E-state index contributed by atoms with van der Waals surface area (Å²) in [5.41, 5.74) is 0.709. The van der Waals surface area contributed by atoms with Gasteiger partial charge in [-0.2, -0.15) is 0 Å². The minimum Gasteiger partial charge on any atom is -0.462 e. The Bertz CT molecular complexity index is 788. The zero-order valence-corrected chi connectivity index (χ0v) is 14.0. The third-order valence-electron chi connectivity index (χ3n) is 2.92. The first-order valence-corrected chi connectivity index (χ1v) is 8.84. The highest BCUT2D eigenvalue weighted by molar-refractivity contribution is 7.92. The summed E-state index contributed by atoms with van der Waals surface area (Å²) >= 11 is 5.81. The van der Waals surface area contributed by atoms with E-state index in [0.717, 1.165) is 6.42 Å². The van der Waals surface area contributed by atoms with Gasteiger partial charge in [0.15, 0.2) is 0 Å². The number of nitrogens with one attached hydrogen (secondary N) is 1. The third-order valence-corrected chi connectivity index (χ3v) is 4.53. The molecular weight excluding hydrogens is 338 g/mol. The van der Waals surface area contributed by atoms with Crippen LogP contribution < -0.4 is 4.72 Å². The van der Waals surface area contributed by atoms with Crippen LogP contribution in [0.4, 0.5) is 5.69 Å². The number of hydrogen-bond donors (Lipinski definition) is 1. The minimum atomic E-state index is -3.73. The van der Waals surface area contributed by atoms with Crippen LogP contribution in [-0.4, -0.2) is 21.0 Å². The van der Waals surface area contributed by atoms with E-state index in [1.165, 1.54) is 36.4 Å². The summed E-state index contributed by atoms with van der Waals surface area (Å²) < 4.78 is 31.9. The first-order valence-electron chi connectivity index (χ1n) is 6.98. The van der Waals surface area contributed by atoms with Crippen molar-refractivity contribution in [2.24, 2.45) is 0 Å². The number of anilines is 1. The van der Waals surface area contributed by atoms with E-state index >= 15 is 0 Å². The Balaban J connectivity index is 2.13. The largest absolute Gasteiger partial charge is 0.462 e. The van der Waals surface area contributed by atoms with Crippen LogP contribution in [-0.2, 0) is 14.8 Å². The maximum atomic E-state index is 12.3. The number of ether oxygens (including phenoxy) is 1. The van der Waals surface area contributed by atoms with E-state index in [2.05, 4.69) is 4.72 Å². The third kappa shape index (κ3) is 4.71. The van der Waals surface area contributed by atoms with Gasteiger partial charge in [0.05, 0.1) is 17.1 Å². The monoisotopic (exact) mass is 353 g/mol. The second-order valence-electron chi connectivity index (χ2n) is 4.78. The predicted molar refractivity (Wildman–Crippen MR) is 89.3 cm³/mol. The average molecular weight is 354 g/mol. The molecule has 0 unspecified atom stereocenters. The van der Waals surface area contributed by atoms with Crippen molar-refractivity contribution in [1.82, 2.24) is 0 Å². The molecule has 0 saturated carbocycles. The number of hydrogen-bond acceptors (Lipinski definition) is 4. The molecule has 0 atom stereocenters. The van der Waals surface area contributed by atoms with Gasteiger partial charge < -0.3 is 4.74 Å². The van der Waals surface area contributed by atoms with Gasteiger partial charge in [0, 0.05) is 10.7 Å². The van der Waals surface area contributed by atoms with Crippen LogP contribution in [0.3, 0.4) is 0 Å². The van der Waals surface area contributed by atoms with Crippen molar-refractivity contribution in [2.45, 2.75) is 18.2 Å². The molecule has 5 nitrogen and oxygen atoms in total. The van der Waals surface area contributed by atoms with Crippen molar-refractivity contribution >= 4 is 33.3 Å². The van der Waals surface area contributed by atoms with Crippen LogP contribution in [0.5, 0.6) is 0 Å². The van der Waals surface area contributed by atoms with Gasteiger partial charge in [-0.25, -0.2) is 13.2 Å². The molecule has 23 heavy (non-hydrogen) atoms. The zero-order valence-electron chi connectivity index (χ0n) is 12.5. The fourth-order valence-corrected chi connectivity index (χ4v) is 3.16. The number of halogens is 1. The van der Waals surface area contributed by atoms with E-state index < -0.39 is 16.0 Å². The van der Waals surface area contributed by atoms with Crippen LogP contribution in [0, 0.1) is 0 Å². The molecule has 7 heteroatoms. The molecule has 2 rings (SSSR count). The number of carbonyl (C=O) groups excluding carboxylic acids is 1. The second-order valence-corrected chi connectivity index (χ2v) is 6.89. The molecule has 0 radical (unpaired) electrons. The lowest BCUT2D eigenvalue weighted by Gasteiger charge is -2.09. The Labute approximate surface area is 140 Å². The van der Waals surface area contributed by atoms with Crippen molar-refractivity contribution in [1.29, 1.82) is 0 Å². The van der Waals surface area contributed by atoms with Gasteiger partial charge in [-0.1, -0.05) is 24.6 Å². The molecule has 0 amide bonds. The van der Waals surface area contributed by atoms with Crippen LogP contribution >= 0.6 is 11.6 Å². The summed E-state index contributed by atoms with van der Waals surface area (Å²) in [6.45, 7) is 2.25. The van der Waals surface area contributed by atoms with E-state index in [9.17, 15) is 13.2 Å². The first kappa shape index (κ1) is 17.3. The lowest BCUT2D eigenvalue weighted by molar-refractivity contribution is 0.0505.